The van der Waals surface area contributed by atoms with Gasteiger partial charge in [0.1, 0.15) is 0 Å². The van der Waals surface area contributed by atoms with Crippen LogP contribution in [0.1, 0.15) is 10.4 Å². The second-order valence-electron chi connectivity index (χ2n) is 2.92. The van der Waals surface area contributed by atoms with E-state index in [1.54, 1.807) is 18.6 Å². The number of hydrogen-bond donors (Lipinski definition) is 1. The number of nitrogens with zero attached hydrogens (tertiary/aromatic N) is 3. The molecule has 0 aliphatic carbocycles. The Labute approximate surface area is 85.9 Å². The number of nitrogens with two attached hydrogens (primary N) is 1. The Morgan fingerprint density at radius 3 is 2.50 bits per heavy atom. The van der Waals surface area contributed by atoms with Crippen LogP contribution in [0.3, 0.4) is 0 Å². The van der Waals surface area contributed by atoms with Crippen molar-refractivity contribution in [3.63, 3.8) is 0 Å². The summed E-state index contributed by atoms with van der Waals surface area (Å²) in [4.78, 5) is 13.6. The molecule has 14 heavy (non-hydrogen) atoms. The highest BCUT2D eigenvalue weighted by Crippen LogP contribution is 2.20. The van der Waals surface area contributed by atoms with E-state index in [1.165, 1.54) is 11.3 Å². The number of rotatable bonds is 2. The molecular formula is C9H10N4S. The van der Waals surface area contributed by atoms with Gasteiger partial charge >= 0.3 is 0 Å². The number of aryl methyl sites for hydroxylation is 1. The van der Waals surface area contributed by atoms with Crippen LogP contribution in [0.4, 0.5) is 0 Å². The molecule has 0 aliphatic rings. The maximum Gasteiger partial charge on any atom is 0.188 e. The van der Waals surface area contributed by atoms with Gasteiger partial charge in [0.15, 0.2) is 10.8 Å². The van der Waals surface area contributed by atoms with E-state index in [1.807, 2.05) is 6.92 Å². The predicted molar refractivity (Wildman–Crippen MR) is 55.8 cm³/mol. The average molecular weight is 206 g/mol. The van der Waals surface area contributed by atoms with Gasteiger partial charge in [-0.05, 0) is 12.5 Å². The molecule has 0 saturated heterocycles. The number of thiazole rings is 1. The Kier molecular flexibility index (Phi) is 2.51. The molecular weight excluding hydrogens is 196 g/mol. The van der Waals surface area contributed by atoms with Gasteiger partial charge in [-0.15, -0.1) is 11.3 Å². The molecule has 0 aromatic carbocycles. The van der Waals surface area contributed by atoms with Gasteiger partial charge in [0.2, 0.25) is 0 Å². The summed E-state index contributed by atoms with van der Waals surface area (Å²) in [6.45, 7) is 2.47. The zero-order valence-corrected chi connectivity index (χ0v) is 8.58. The molecule has 2 aromatic heterocycles. The van der Waals surface area contributed by atoms with Gasteiger partial charge in [0.25, 0.3) is 0 Å². The Morgan fingerprint density at radius 2 is 1.93 bits per heavy atom. The minimum atomic E-state index is 0.517. The fourth-order valence-electron chi connectivity index (χ4n) is 1.01. The van der Waals surface area contributed by atoms with Crippen LogP contribution < -0.4 is 5.73 Å². The van der Waals surface area contributed by atoms with Gasteiger partial charge in [-0.1, -0.05) is 0 Å². The van der Waals surface area contributed by atoms with E-state index < -0.39 is 0 Å². The van der Waals surface area contributed by atoms with Crippen LogP contribution >= 0.6 is 11.3 Å². The molecule has 0 spiro atoms. The third-order valence-electron chi connectivity index (χ3n) is 1.73. The predicted octanol–water partition coefficient (Wildman–Crippen LogP) is 1.37. The van der Waals surface area contributed by atoms with Crippen LogP contribution in [0, 0.1) is 6.92 Å². The Hall–Kier alpha value is -1.33. The summed E-state index contributed by atoms with van der Waals surface area (Å²) in [5.41, 5.74) is 6.54. The third-order valence-corrected chi connectivity index (χ3v) is 2.74. The monoisotopic (exact) mass is 206 g/mol. The normalized spacial score (nSPS) is 10.4. The minimum Gasteiger partial charge on any atom is -0.326 e. The maximum atomic E-state index is 5.49. The van der Waals surface area contributed by atoms with Gasteiger partial charge in [-0.25, -0.2) is 15.0 Å². The van der Waals surface area contributed by atoms with E-state index >= 15 is 0 Å². The minimum absolute atomic E-state index is 0.517. The maximum absolute atomic E-state index is 5.49. The van der Waals surface area contributed by atoms with Crippen LogP contribution in [0.5, 0.6) is 0 Å². The Bertz CT molecular complexity index is 421. The highest BCUT2D eigenvalue weighted by molar-refractivity contribution is 7.14. The van der Waals surface area contributed by atoms with E-state index in [-0.39, 0.29) is 0 Å². The largest absolute Gasteiger partial charge is 0.326 e. The summed E-state index contributed by atoms with van der Waals surface area (Å²) in [7, 11) is 0. The molecule has 4 nitrogen and oxygen atoms in total. The number of aromatic nitrogens is 3. The zero-order valence-electron chi connectivity index (χ0n) is 7.77. The molecule has 0 aliphatic heterocycles. The second kappa shape index (κ2) is 3.81. The van der Waals surface area contributed by atoms with Crippen LogP contribution in [0.25, 0.3) is 10.8 Å². The van der Waals surface area contributed by atoms with E-state index in [0.717, 1.165) is 15.4 Å². The molecule has 0 unspecified atom stereocenters. The zero-order chi connectivity index (χ0) is 9.97. The average Bonchev–Trinajstić information content (AvgIpc) is 2.67. The second-order valence-corrected chi connectivity index (χ2v) is 4.04. The van der Waals surface area contributed by atoms with Crippen molar-refractivity contribution in [2.24, 2.45) is 5.73 Å². The molecule has 72 valence electrons. The van der Waals surface area contributed by atoms with Crippen LogP contribution in [0.15, 0.2) is 18.6 Å². The lowest BCUT2D eigenvalue weighted by Crippen LogP contribution is -1.91. The first kappa shape index (κ1) is 9.23. The van der Waals surface area contributed by atoms with Crippen molar-refractivity contribution in [1.82, 2.24) is 15.0 Å². The smallest absolute Gasteiger partial charge is 0.188 e. The Morgan fingerprint density at radius 1 is 1.21 bits per heavy atom. The van der Waals surface area contributed by atoms with Crippen molar-refractivity contribution in [2.45, 2.75) is 13.5 Å². The fraction of sp³-hybridized carbons (Fsp3) is 0.222. The molecule has 2 N–H and O–H groups in total. The lowest BCUT2D eigenvalue weighted by atomic mass is 10.4. The van der Waals surface area contributed by atoms with Crippen molar-refractivity contribution < 1.29 is 0 Å². The summed E-state index contributed by atoms with van der Waals surface area (Å²) < 4.78 is 0. The molecule has 2 heterocycles. The van der Waals surface area contributed by atoms with E-state index in [4.69, 9.17) is 5.73 Å². The SMILES string of the molecule is Cc1cnc(-c2ncc(CN)s2)nc1. The van der Waals surface area contributed by atoms with Gasteiger partial charge in [-0.3, -0.25) is 0 Å². The molecule has 0 saturated carbocycles. The first-order valence-electron chi connectivity index (χ1n) is 4.23. The highest BCUT2D eigenvalue weighted by Gasteiger charge is 2.05. The highest BCUT2D eigenvalue weighted by atomic mass is 32.1. The lowest BCUT2D eigenvalue weighted by Gasteiger charge is -1.93. The fourth-order valence-corrected chi connectivity index (χ4v) is 1.75. The van der Waals surface area contributed by atoms with Crippen LogP contribution in [0.2, 0.25) is 0 Å². The molecule has 0 atom stereocenters. The standard InChI is InChI=1S/C9H10N4S/c1-6-3-11-8(12-4-6)9-13-5-7(2-10)14-9/h3-5H,2,10H2,1H3. The lowest BCUT2D eigenvalue weighted by molar-refractivity contribution is 1.09. The molecule has 0 amide bonds. The Balaban J connectivity index is 2.34. The summed E-state index contributed by atoms with van der Waals surface area (Å²) >= 11 is 1.53. The van der Waals surface area contributed by atoms with Crippen molar-refractivity contribution >= 4 is 11.3 Å². The van der Waals surface area contributed by atoms with Gasteiger partial charge in [0, 0.05) is 30.0 Å². The molecule has 2 rings (SSSR count). The van der Waals surface area contributed by atoms with Crippen molar-refractivity contribution in [3.8, 4) is 10.8 Å². The van der Waals surface area contributed by atoms with E-state index in [0.29, 0.717) is 12.4 Å². The molecule has 5 heteroatoms. The van der Waals surface area contributed by atoms with Crippen LogP contribution in [-0.2, 0) is 6.54 Å². The van der Waals surface area contributed by atoms with Crippen molar-refractivity contribution in [1.29, 1.82) is 0 Å². The van der Waals surface area contributed by atoms with Gasteiger partial charge < -0.3 is 5.73 Å². The number of hydrogen-bond acceptors (Lipinski definition) is 5. The van der Waals surface area contributed by atoms with E-state index in [9.17, 15) is 0 Å². The first-order valence-corrected chi connectivity index (χ1v) is 5.05. The summed E-state index contributed by atoms with van der Waals surface area (Å²) in [6, 6.07) is 0. The topological polar surface area (TPSA) is 64.7 Å². The third kappa shape index (κ3) is 1.78. The first-order chi connectivity index (χ1) is 6.79. The molecule has 2 aromatic rings. The molecule has 0 bridgehead atoms. The summed E-state index contributed by atoms with van der Waals surface area (Å²) in [5.74, 6) is 0.667. The molecule has 0 fully saturated rings. The van der Waals surface area contributed by atoms with Crippen LogP contribution in [-0.4, -0.2) is 15.0 Å². The summed E-state index contributed by atoms with van der Waals surface area (Å²) in [5, 5.41) is 0.824. The van der Waals surface area contributed by atoms with Gasteiger partial charge in [-0.2, -0.15) is 0 Å². The van der Waals surface area contributed by atoms with Crippen molar-refractivity contribution in [3.05, 3.63) is 29.0 Å². The van der Waals surface area contributed by atoms with E-state index in [2.05, 4.69) is 15.0 Å². The molecule has 0 radical (unpaired) electrons. The quantitative estimate of drug-likeness (QED) is 0.806. The van der Waals surface area contributed by atoms with Crippen molar-refractivity contribution in [2.75, 3.05) is 0 Å². The van der Waals surface area contributed by atoms with Gasteiger partial charge in [0.05, 0.1) is 0 Å². The summed E-state index contributed by atoms with van der Waals surface area (Å²) in [6.07, 6.45) is 5.33.